The molecule has 23 heavy (non-hydrogen) atoms. The maximum absolute atomic E-state index is 13.0. The molecule has 1 N–H and O–H groups in total. The summed E-state index contributed by atoms with van der Waals surface area (Å²) in [5.74, 6) is -0.602. The third-order valence-corrected chi connectivity index (χ3v) is 5.69. The second-order valence-electron chi connectivity index (χ2n) is 4.58. The summed E-state index contributed by atoms with van der Waals surface area (Å²) in [5.41, 5.74) is 1.55. The Hall–Kier alpha value is -1.96. The Labute approximate surface area is 141 Å². The molecule has 0 aliphatic rings. The molecule has 0 amide bonds. The Morgan fingerprint density at radius 3 is 2.57 bits per heavy atom. The Kier molecular flexibility index (Phi) is 4.34. The van der Waals surface area contributed by atoms with Crippen LogP contribution >= 0.6 is 22.9 Å². The molecule has 0 radical (unpaired) electrons. The summed E-state index contributed by atoms with van der Waals surface area (Å²) >= 11 is 6.96. The first kappa shape index (κ1) is 15.9. The zero-order valence-corrected chi connectivity index (χ0v) is 13.9. The van der Waals surface area contributed by atoms with Gasteiger partial charge in [0.05, 0.1) is 10.7 Å². The molecule has 0 bridgehead atoms. The quantitative estimate of drug-likeness (QED) is 0.742. The molecule has 2 aromatic carbocycles. The molecule has 0 spiro atoms. The van der Waals surface area contributed by atoms with Crippen LogP contribution in [0.2, 0.25) is 5.02 Å². The number of nitrogens with zero attached hydrogens (tertiary/aromatic N) is 1. The number of anilines is 1. The third kappa shape index (κ3) is 3.52. The van der Waals surface area contributed by atoms with Gasteiger partial charge in [-0.15, -0.1) is 11.3 Å². The molecule has 3 aromatic rings. The molecule has 3 rings (SSSR count). The highest BCUT2D eigenvalue weighted by molar-refractivity contribution is 7.93. The standard InChI is InChI=1S/C15H10ClFN2O2S2/c16-12-8-11(17)6-7-14(12)23(20,21)19-15-18-13(9-22-15)10-4-2-1-3-5-10/h1-9H,(H,18,19). The summed E-state index contributed by atoms with van der Waals surface area (Å²) in [4.78, 5) is 4.05. The first-order chi connectivity index (χ1) is 11.0. The first-order valence-electron chi connectivity index (χ1n) is 6.44. The monoisotopic (exact) mass is 368 g/mol. The van der Waals surface area contributed by atoms with Crippen molar-refractivity contribution in [3.8, 4) is 11.3 Å². The number of hydrogen-bond acceptors (Lipinski definition) is 4. The number of thiazole rings is 1. The van der Waals surface area contributed by atoms with E-state index in [1.807, 2.05) is 30.3 Å². The van der Waals surface area contributed by atoms with E-state index in [0.717, 1.165) is 35.1 Å². The molecular formula is C15H10ClFN2O2S2. The van der Waals surface area contributed by atoms with Crippen molar-refractivity contribution in [2.45, 2.75) is 4.90 Å². The van der Waals surface area contributed by atoms with Crippen molar-refractivity contribution in [3.05, 3.63) is 64.8 Å². The van der Waals surface area contributed by atoms with E-state index >= 15 is 0 Å². The van der Waals surface area contributed by atoms with Gasteiger partial charge in [0.15, 0.2) is 5.13 Å². The van der Waals surface area contributed by atoms with Crippen LogP contribution < -0.4 is 4.72 Å². The fourth-order valence-electron chi connectivity index (χ4n) is 1.93. The van der Waals surface area contributed by atoms with E-state index in [9.17, 15) is 12.8 Å². The van der Waals surface area contributed by atoms with Crippen molar-refractivity contribution in [1.82, 2.24) is 4.98 Å². The molecule has 118 valence electrons. The van der Waals surface area contributed by atoms with Gasteiger partial charge in [0.2, 0.25) is 0 Å². The molecule has 4 nitrogen and oxygen atoms in total. The minimum Gasteiger partial charge on any atom is -0.255 e. The van der Waals surface area contributed by atoms with Crippen molar-refractivity contribution >= 4 is 38.1 Å². The van der Waals surface area contributed by atoms with Gasteiger partial charge in [-0.3, -0.25) is 4.72 Å². The minimum absolute atomic E-state index is 0.183. The number of sulfonamides is 1. The summed E-state index contributed by atoms with van der Waals surface area (Å²) in [7, 11) is -3.93. The van der Waals surface area contributed by atoms with Gasteiger partial charge in [-0.05, 0) is 18.2 Å². The summed E-state index contributed by atoms with van der Waals surface area (Å²) in [6, 6.07) is 12.5. The van der Waals surface area contributed by atoms with Crippen LogP contribution in [0.3, 0.4) is 0 Å². The molecule has 0 aliphatic heterocycles. The molecule has 1 aromatic heterocycles. The molecule has 0 aliphatic carbocycles. The molecule has 0 saturated carbocycles. The summed E-state index contributed by atoms with van der Waals surface area (Å²) < 4.78 is 40.1. The summed E-state index contributed by atoms with van der Waals surface area (Å²) in [6.07, 6.45) is 0. The zero-order chi connectivity index (χ0) is 16.4. The summed E-state index contributed by atoms with van der Waals surface area (Å²) in [5, 5.41) is 1.78. The van der Waals surface area contributed by atoms with E-state index in [-0.39, 0.29) is 15.0 Å². The van der Waals surface area contributed by atoms with Crippen molar-refractivity contribution in [2.75, 3.05) is 4.72 Å². The second-order valence-corrected chi connectivity index (χ2v) is 7.50. The second kappa shape index (κ2) is 6.27. The molecule has 8 heteroatoms. The van der Waals surface area contributed by atoms with Gasteiger partial charge < -0.3 is 0 Å². The number of aromatic nitrogens is 1. The van der Waals surface area contributed by atoms with E-state index in [4.69, 9.17) is 11.6 Å². The Morgan fingerprint density at radius 1 is 1.13 bits per heavy atom. The minimum atomic E-state index is -3.93. The Balaban J connectivity index is 1.88. The van der Waals surface area contributed by atoms with Crippen LogP contribution in [0.4, 0.5) is 9.52 Å². The zero-order valence-electron chi connectivity index (χ0n) is 11.5. The van der Waals surface area contributed by atoms with Crippen LogP contribution in [0.5, 0.6) is 0 Å². The fraction of sp³-hybridized carbons (Fsp3) is 0. The number of rotatable bonds is 4. The lowest BCUT2D eigenvalue weighted by atomic mass is 10.2. The van der Waals surface area contributed by atoms with Crippen molar-refractivity contribution < 1.29 is 12.8 Å². The van der Waals surface area contributed by atoms with Gasteiger partial charge in [0, 0.05) is 10.9 Å². The number of benzene rings is 2. The highest BCUT2D eigenvalue weighted by Gasteiger charge is 2.20. The van der Waals surface area contributed by atoms with Gasteiger partial charge in [-0.25, -0.2) is 17.8 Å². The molecule has 0 atom stereocenters. The van der Waals surface area contributed by atoms with Gasteiger partial charge >= 0.3 is 0 Å². The lowest BCUT2D eigenvalue weighted by Crippen LogP contribution is -2.13. The maximum atomic E-state index is 13.0. The number of nitrogens with one attached hydrogen (secondary N) is 1. The number of hydrogen-bond donors (Lipinski definition) is 1. The fourth-order valence-corrected chi connectivity index (χ4v) is 4.43. The predicted molar refractivity (Wildman–Crippen MR) is 89.8 cm³/mol. The van der Waals surface area contributed by atoms with Crippen molar-refractivity contribution in [2.24, 2.45) is 0 Å². The average molecular weight is 369 g/mol. The Morgan fingerprint density at radius 2 is 1.87 bits per heavy atom. The molecule has 0 saturated heterocycles. The van der Waals surface area contributed by atoms with Crippen LogP contribution in [-0.2, 0) is 10.0 Å². The van der Waals surface area contributed by atoms with Crippen molar-refractivity contribution in [3.63, 3.8) is 0 Å². The normalized spacial score (nSPS) is 11.4. The van der Waals surface area contributed by atoms with E-state index in [1.165, 1.54) is 0 Å². The van der Waals surface area contributed by atoms with Crippen LogP contribution in [-0.4, -0.2) is 13.4 Å². The average Bonchev–Trinajstić information content (AvgIpc) is 2.95. The highest BCUT2D eigenvalue weighted by Crippen LogP contribution is 2.28. The lowest BCUT2D eigenvalue weighted by molar-refractivity contribution is 0.599. The molecule has 0 fully saturated rings. The van der Waals surface area contributed by atoms with E-state index in [2.05, 4.69) is 9.71 Å². The van der Waals surface area contributed by atoms with E-state index in [0.29, 0.717) is 5.69 Å². The van der Waals surface area contributed by atoms with Crippen LogP contribution in [0.15, 0.2) is 58.8 Å². The highest BCUT2D eigenvalue weighted by atomic mass is 35.5. The maximum Gasteiger partial charge on any atom is 0.265 e. The lowest BCUT2D eigenvalue weighted by Gasteiger charge is -2.06. The van der Waals surface area contributed by atoms with Crippen LogP contribution in [0, 0.1) is 5.82 Å². The third-order valence-electron chi connectivity index (χ3n) is 2.98. The van der Waals surface area contributed by atoms with Crippen LogP contribution in [0.1, 0.15) is 0 Å². The molecule has 1 heterocycles. The van der Waals surface area contributed by atoms with Crippen molar-refractivity contribution in [1.29, 1.82) is 0 Å². The van der Waals surface area contributed by atoms with E-state index in [1.54, 1.807) is 5.38 Å². The molecular weight excluding hydrogens is 359 g/mol. The topological polar surface area (TPSA) is 59.1 Å². The SMILES string of the molecule is O=S(=O)(Nc1nc(-c2ccccc2)cs1)c1ccc(F)cc1Cl. The first-order valence-corrected chi connectivity index (χ1v) is 9.18. The number of halogens is 2. The van der Waals surface area contributed by atoms with Gasteiger partial charge in [-0.2, -0.15) is 0 Å². The van der Waals surface area contributed by atoms with Crippen LogP contribution in [0.25, 0.3) is 11.3 Å². The van der Waals surface area contributed by atoms with Gasteiger partial charge in [0.1, 0.15) is 10.7 Å². The van der Waals surface area contributed by atoms with Gasteiger partial charge in [0.25, 0.3) is 10.0 Å². The summed E-state index contributed by atoms with van der Waals surface area (Å²) in [6.45, 7) is 0. The Bertz CT molecular complexity index is 943. The smallest absolute Gasteiger partial charge is 0.255 e. The predicted octanol–water partition coefficient (Wildman–Crippen LogP) is 4.40. The van der Waals surface area contributed by atoms with E-state index < -0.39 is 15.8 Å². The van der Waals surface area contributed by atoms with Gasteiger partial charge in [-0.1, -0.05) is 41.9 Å². The largest absolute Gasteiger partial charge is 0.265 e. The molecule has 0 unspecified atom stereocenters.